The van der Waals surface area contributed by atoms with Crippen LogP contribution in [-0.4, -0.2) is 62.2 Å². The first-order valence-corrected chi connectivity index (χ1v) is 8.63. The second-order valence-electron chi connectivity index (χ2n) is 4.91. The third-order valence-corrected chi connectivity index (χ3v) is 3.27. The van der Waals surface area contributed by atoms with Crippen molar-refractivity contribution in [3.63, 3.8) is 0 Å². The molecule has 0 aromatic carbocycles. The molecule has 0 bridgehead atoms. The van der Waals surface area contributed by atoms with E-state index in [-0.39, 0.29) is 6.10 Å². The number of aliphatic hydroxyl groups is 1. The van der Waals surface area contributed by atoms with Gasteiger partial charge >= 0.3 is 0 Å². The number of ether oxygens (including phenoxy) is 2. The van der Waals surface area contributed by atoms with Crippen molar-refractivity contribution >= 4 is 11.8 Å². The summed E-state index contributed by atoms with van der Waals surface area (Å²) in [7, 11) is 0. The number of hydrogen-bond donors (Lipinski definition) is 2. The van der Waals surface area contributed by atoms with E-state index in [1.165, 1.54) is 25.0 Å². The van der Waals surface area contributed by atoms with E-state index in [4.69, 9.17) is 9.47 Å². The summed E-state index contributed by atoms with van der Waals surface area (Å²) in [5, 5.41) is 12.9. The topological polar surface area (TPSA) is 50.7 Å². The Balaban J connectivity index is 3.14. The molecule has 0 aliphatic carbocycles. The van der Waals surface area contributed by atoms with E-state index in [9.17, 15) is 5.11 Å². The minimum atomic E-state index is -0.426. The maximum atomic E-state index is 9.67. The van der Waals surface area contributed by atoms with Gasteiger partial charge < -0.3 is 19.9 Å². The summed E-state index contributed by atoms with van der Waals surface area (Å²) in [5.74, 6) is 1.24. The van der Waals surface area contributed by atoms with Crippen LogP contribution in [0.4, 0.5) is 0 Å². The van der Waals surface area contributed by atoms with E-state index in [1.54, 1.807) is 0 Å². The Kier molecular flexibility index (Phi) is 14.7. The Labute approximate surface area is 122 Å². The highest BCUT2D eigenvalue weighted by Gasteiger charge is 2.03. The van der Waals surface area contributed by atoms with E-state index in [1.807, 2.05) is 25.6 Å². The molecule has 0 aliphatic rings. The molecule has 1 atom stereocenters. The van der Waals surface area contributed by atoms with Crippen molar-refractivity contribution < 1.29 is 14.6 Å². The molecule has 0 aromatic heterocycles. The molecule has 5 heteroatoms. The van der Waals surface area contributed by atoms with Gasteiger partial charge in [-0.25, -0.2) is 0 Å². The van der Waals surface area contributed by atoms with E-state index >= 15 is 0 Å². The van der Waals surface area contributed by atoms with Gasteiger partial charge in [-0.3, -0.25) is 0 Å². The molecule has 0 saturated carbocycles. The van der Waals surface area contributed by atoms with Crippen LogP contribution in [0.3, 0.4) is 0 Å². The number of nitrogens with one attached hydrogen (secondary N) is 1. The van der Waals surface area contributed by atoms with Gasteiger partial charge in [-0.05, 0) is 45.2 Å². The molecule has 0 aromatic rings. The summed E-state index contributed by atoms with van der Waals surface area (Å²) in [6.45, 7) is 7.09. The van der Waals surface area contributed by atoms with Gasteiger partial charge in [0.05, 0.1) is 32.0 Å². The van der Waals surface area contributed by atoms with Crippen molar-refractivity contribution in [2.45, 2.75) is 45.3 Å². The first-order chi connectivity index (χ1) is 9.16. The van der Waals surface area contributed by atoms with Gasteiger partial charge in [-0.2, -0.15) is 11.8 Å². The molecule has 19 heavy (non-hydrogen) atoms. The van der Waals surface area contributed by atoms with Crippen molar-refractivity contribution in [3.8, 4) is 0 Å². The number of rotatable bonds is 14. The minimum absolute atomic E-state index is 0.237. The normalized spacial score (nSPS) is 13.1. The average molecular weight is 293 g/mol. The maximum absolute atomic E-state index is 9.67. The number of thioether (sulfide) groups is 1. The molecule has 0 aliphatic heterocycles. The predicted molar refractivity (Wildman–Crippen MR) is 83.0 cm³/mol. The third-order valence-electron chi connectivity index (χ3n) is 2.57. The van der Waals surface area contributed by atoms with E-state index in [0.717, 1.165) is 6.54 Å². The lowest BCUT2D eigenvalue weighted by Gasteiger charge is -2.13. The lowest BCUT2D eigenvalue weighted by atomic mass is 10.2. The highest BCUT2D eigenvalue weighted by molar-refractivity contribution is 7.98. The molecule has 0 saturated heterocycles. The highest BCUT2D eigenvalue weighted by atomic mass is 32.2. The van der Waals surface area contributed by atoms with Gasteiger partial charge in [0.25, 0.3) is 0 Å². The van der Waals surface area contributed by atoms with E-state index < -0.39 is 6.10 Å². The molecule has 4 nitrogen and oxygen atoms in total. The van der Waals surface area contributed by atoms with Crippen LogP contribution in [0.5, 0.6) is 0 Å². The molecule has 0 rings (SSSR count). The van der Waals surface area contributed by atoms with Gasteiger partial charge in [-0.15, -0.1) is 0 Å². The SMILES string of the molecule is CSCCCCCNCC(O)COCCOC(C)C. The summed E-state index contributed by atoms with van der Waals surface area (Å²) in [6.07, 6.45) is 5.67. The first kappa shape index (κ1) is 19.2. The van der Waals surface area contributed by atoms with Crippen molar-refractivity contribution in [2.24, 2.45) is 0 Å². The fraction of sp³-hybridized carbons (Fsp3) is 1.00. The average Bonchev–Trinajstić information content (AvgIpc) is 2.37. The van der Waals surface area contributed by atoms with Gasteiger partial charge in [0, 0.05) is 6.54 Å². The Morgan fingerprint density at radius 2 is 1.95 bits per heavy atom. The summed E-state index contributed by atoms with van der Waals surface area (Å²) in [4.78, 5) is 0. The minimum Gasteiger partial charge on any atom is -0.389 e. The standard InChI is InChI=1S/C14H31NO3S/c1-13(2)18-9-8-17-12-14(16)11-15-7-5-4-6-10-19-3/h13-16H,4-12H2,1-3H3. The zero-order chi connectivity index (χ0) is 14.3. The monoisotopic (exact) mass is 293 g/mol. The fourth-order valence-corrected chi connectivity index (χ4v) is 2.06. The van der Waals surface area contributed by atoms with Gasteiger partial charge in [-0.1, -0.05) is 6.42 Å². The lowest BCUT2D eigenvalue weighted by molar-refractivity contribution is -0.00992. The zero-order valence-corrected chi connectivity index (χ0v) is 13.5. The molecule has 116 valence electrons. The smallest absolute Gasteiger partial charge is 0.0897 e. The van der Waals surface area contributed by atoms with E-state index in [2.05, 4.69) is 11.6 Å². The van der Waals surface area contributed by atoms with Crippen LogP contribution in [0.25, 0.3) is 0 Å². The number of hydrogen-bond acceptors (Lipinski definition) is 5. The van der Waals surface area contributed by atoms with Crippen LogP contribution in [0.2, 0.25) is 0 Å². The summed E-state index contributed by atoms with van der Waals surface area (Å²) >= 11 is 1.90. The molecule has 0 heterocycles. The first-order valence-electron chi connectivity index (χ1n) is 7.24. The largest absolute Gasteiger partial charge is 0.389 e. The van der Waals surface area contributed by atoms with Crippen LogP contribution < -0.4 is 5.32 Å². The van der Waals surface area contributed by atoms with Crippen LogP contribution in [0, 0.1) is 0 Å². The van der Waals surface area contributed by atoms with Crippen LogP contribution in [-0.2, 0) is 9.47 Å². The van der Waals surface area contributed by atoms with Crippen molar-refractivity contribution in [2.75, 3.05) is 44.9 Å². The Bertz CT molecular complexity index is 182. The van der Waals surface area contributed by atoms with E-state index in [0.29, 0.717) is 26.4 Å². The van der Waals surface area contributed by atoms with Crippen LogP contribution in [0.15, 0.2) is 0 Å². The molecular formula is C14H31NO3S. The van der Waals surface area contributed by atoms with Crippen molar-refractivity contribution in [1.29, 1.82) is 0 Å². The van der Waals surface area contributed by atoms with Gasteiger partial charge in [0.2, 0.25) is 0 Å². The quantitative estimate of drug-likeness (QED) is 0.479. The summed E-state index contributed by atoms with van der Waals surface area (Å²) < 4.78 is 10.7. The second-order valence-corrected chi connectivity index (χ2v) is 5.89. The molecule has 0 spiro atoms. The third kappa shape index (κ3) is 16.1. The molecule has 2 N–H and O–H groups in total. The molecule has 0 amide bonds. The fourth-order valence-electron chi connectivity index (χ4n) is 1.56. The summed E-state index contributed by atoms with van der Waals surface area (Å²) in [6, 6.07) is 0. The van der Waals surface area contributed by atoms with Crippen LogP contribution in [0.1, 0.15) is 33.1 Å². The lowest BCUT2D eigenvalue weighted by Crippen LogP contribution is -2.31. The zero-order valence-electron chi connectivity index (χ0n) is 12.7. The maximum Gasteiger partial charge on any atom is 0.0897 e. The van der Waals surface area contributed by atoms with Gasteiger partial charge in [0.15, 0.2) is 0 Å². The Morgan fingerprint density at radius 3 is 2.63 bits per heavy atom. The van der Waals surface area contributed by atoms with Crippen molar-refractivity contribution in [3.05, 3.63) is 0 Å². The van der Waals surface area contributed by atoms with Crippen molar-refractivity contribution in [1.82, 2.24) is 5.32 Å². The van der Waals surface area contributed by atoms with Crippen LogP contribution >= 0.6 is 11.8 Å². The van der Waals surface area contributed by atoms with Gasteiger partial charge in [0.1, 0.15) is 0 Å². The molecule has 1 unspecified atom stereocenters. The predicted octanol–water partition coefficient (Wildman–Crippen LogP) is 1.91. The Hall–Kier alpha value is 0.190. The number of unbranched alkanes of at least 4 members (excludes halogenated alkanes) is 2. The molecular weight excluding hydrogens is 262 g/mol. The second kappa shape index (κ2) is 14.6. The molecule has 0 fully saturated rings. The summed E-state index contributed by atoms with van der Waals surface area (Å²) in [5.41, 5.74) is 0. The number of aliphatic hydroxyl groups excluding tert-OH is 1. The molecule has 0 radical (unpaired) electrons. The Morgan fingerprint density at radius 1 is 1.16 bits per heavy atom. The highest BCUT2D eigenvalue weighted by Crippen LogP contribution is 2.01.